The van der Waals surface area contributed by atoms with Gasteiger partial charge in [-0.3, -0.25) is 4.90 Å². The summed E-state index contributed by atoms with van der Waals surface area (Å²) in [5.74, 6) is -0.190. The summed E-state index contributed by atoms with van der Waals surface area (Å²) >= 11 is 0. The minimum absolute atomic E-state index is 0.557. The zero-order valence-corrected chi connectivity index (χ0v) is 7.92. The van der Waals surface area contributed by atoms with Gasteiger partial charge in [-0.1, -0.05) is 0 Å². The molecule has 0 aromatic heterocycles. The first-order valence-corrected chi connectivity index (χ1v) is 4.84. The van der Waals surface area contributed by atoms with Gasteiger partial charge in [0.05, 0.1) is 0 Å². The Kier molecular flexibility index (Phi) is 2.12. The summed E-state index contributed by atoms with van der Waals surface area (Å²) in [5, 5.41) is 8.89. The van der Waals surface area contributed by atoms with E-state index in [1.165, 1.54) is 5.57 Å². The van der Waals surface area contributed by atoms with Crippen LogP contribution in [0.2, 0.25) is 0 Å². The highest BCUT2D eigenvalue weighted by atomic mass is 16.4. The predicted molar refractivity (Wildman–Crippen MR) is 49.5 cm³/mol. The number of piperidine rings is 3. The van der Waals surface area contributed by atoms with E-state index in [0.717, 1.165) is 32.5 Å². The van der Waals surface area contributed by atoms with Gasteiger partial charge in [0.2, 0.25) is 0 Å². The van der Waals surface area contributed by atoms with Crippen molar-refractivity contribution in [3.8, 4) is 0 Å². The molecule has 0 saturated carbocycles. The molecule has 3 fully saturated rings. The molecule has 3 rings (SSSR count). The monoisotopic (exact) mass is 181 g/mol. The third-order valence-corrected chi connectivity index (χ3v) is 3.28. The summed E-state index contributed by atoms with van der Waals surface area (Å²) in [6.45, 7) is 4.93. The van der Waals surface area contributed by atoms with Crippen molar-refractivity contribution < 1.29 is 9.90 Å². The Morgan fingerprint density at radius 1 is 1.46 bits per heavy atom. The maximum Gasteiger partial charge on any atom is 0.331 e. The SMILES string of the molecule is C/C(C(=O)O)=C1/CN2CCC1CC2. The zero-order valence-electron chi connectivity index (χ0n) is 7.92. The summed E-state index contributed by atoms with van der Waals surface area (Å²) in [6.07, 6.45) is 2.31. The average Bonchev–Trinajstić information content (AvgIpc) is 2.18. The Morgan fingerprint density at radius 2 is 2.08 bits per heavy atom. The molecule has 72 valence electrons. The summed E-state index contributed by atoms with van der Waals surface area (Å²) in [6, 6.07) is 0. The van der Waals surface area contributed by atoms with Gasteiger partial charge >= 0.3 is 5.97 Å². The lowest BCUT2D eigenvalue weighted by molar-refractivity contribution is -0.132. The molecule has 3 aliphatic heterocycles. The fourth-order valence-electron chi connectivity index (χ4n) is 2.37. The molecular weight excluding hydrogens is 166 g/mol. The number of rotatable bonds is 1. The van der Waals surface area contributed by atoms with Gasteiger partial charge in [-0.05, 0) is 44.3 Å². The smallest absolute Gasteiger partial charge is 0.331 e. The van der Waals surface area contributed by atoms with Crippen LogP contribution in [0, 0.1) is 5.92 Å². The highest BCUT2D eigenvalue weighted by Crippen LogP contribution is 2.33. The minimum atomic E-state index is -0.747. The van der Waals surface area contributed by atoms with Crippen molar-refractivity contribution in [2.75, 3.05) is 19.6 Å². The summed E-state index contributed by atoms with van der Waals surface area (Å²) in [7, 11) is 0. The number of carbonyl (C=O) groups is 1. The van der Waals surface area contributed by atoms with Gasteiger partial charge in [0.1, 0.15) is 0 Å². The van der Waals surface area contributed by atoms with Crippen LogP contribution in [0.15, 0.2) is 11.1 Å². The van der Waals surface area contributed by atoms with Crippen LogP contribution in [0.1, 0.15) is 19.8 Å². The molecule has 0 aromatic carbocycles. The van der Waals surface area contributed by atoms with E-state index in [9.17, 15) is 4.79 Å². The maximum absolute atomic E-state index is 10.8. The van der Waals surface area contributed by atoms with Gasteiger partial charge in [0.25, 0.3) is 0 Å². The van der Waals surface area contributed by atoms with E-state index in [1.807, 2.05) is 0 Å². The highest BCUT2D eigenvalue weighted by Gasteiger charge is 2.31. The molecule has 1 N–H and O–H groups in total. The Morgan fingerprint density at radius 3 is 2.46 bits per heavy atom. The quantitative estimate of drug-likeness (QED) is 0.616. The molecule has 3 saturated heterocycles. The summed E-state index contributed by atoms with van der Waals surface area (Å²) < 4.78 is 0. The fourth-order valence-corrected chi connectivity index (χ4v) is 2.37. The standard InChI is InChI=1S/C10H15NO2/c1-7(10(12)13)9-6-11-4-2-8(9)3-5-11/h8H,2-6H2,1H3,(H,12,13)/b9-7+. The van der Waals surface area contributed by atoms with E-state index in [2.05, 4.69) is 4.90 Å². The molecule has 0 unspecified atom stereocenters. The van der Waals surface area contributed by atoms with Gasteiger partial charge in [0, 0.05) is 12.1 Å². The van der Waals surface area contributed by atoms with E-state index in [1.54, 1.807) is 6.92 Å². The van der Waals surface area contributed by atoms with Gasteiger partial charge < -0.3 is 5.11 Å². The third kappa shape index (κ3) is 1.48. The predicted octanol–water partition coefficient (Wildman–Crippen LogP) is 1.11. The van der Waals surface area contributed by atoms with Crippen LogP contribution in [0.3, 0.4) is 0 Å². The fraction of sp³-hybridized carbons (Fsp3) is 0.700. The number of nitrogens with zero attached hydrogens (tertiary/aromatic N) is 1. The normalized spacial score (nSPS) is 36.1. The van der Waals surface area contributed by atoms with Crippen LogP contribution in [0.25, 0.3) is 0 Å². The largest absolute Gasteiger partial charge is 0.478 e. The molecular formula is C10H15NO2. The molecule has 13 heavy (non-hydrogen) atoms. The third-order valence-electron chi connectivity index (χ3n) is 3.28. The van der Waals surface area contributed by atoms with E-state index >= 15 is 0 Å². The molecule has 3 heteroatoms. The van der Waals surface area contributed by atoms with Crippen molar-refractivity contribution in [3.05, 3.63) is 11.1 Å². The number of carboxylic acids is 1. The van der Waals surface area contributed by atoms with Gasteiger partial charge in [-0.25, -0.2) is 4.79 Å². The molecule has 0 spiro atoms. The number of fused-ring (bicyclic) bond motifs is 3. The average molecular weight is 181 g/mol. The van der Waals surface area contributed by atoms with Gasteiger partial charge in [-0.15, -0.1) is 0 Å². The van der Waals surface area contributed by atoms with Gasteiger partial charge in [-0.2, -0.15) is 0 Å². The van der Waals surface area contributed by atoms with Crippen LogP contribution in [-0.2, 0) is 4.79 Å². The maximum atomic E-state index is 10.8. The molecule has 3 heterocycles. The minimum Gasteiger partial charge on any atom is -0.478 e. The van der Waals surface area contributed by atoms with E-state index in [4.69, 9.17) is 5.11 Å². The first-order valence-electron chi connectivity index (χ1n) is 4.84. The second-order valence-corrected chi connectivity index (χ2v) is 4.01. The zero-order chi connectivity index (χ0) is 9.42. The summed E-state index contributed by atoms with van der Waals surface area (Å²) in [4.78, 5) is 13.1. The lowest BCUT2D eigenvalue weighted by atomic mass is 9.81. The number of carboxylic acid groups (broad SMARTS) is 1. The van der Waals surface area contributed by atoms with E-state index in [-0.39, 0.29) is 0 Å². The van der Waals surface area contributed by atoms with Crippen LogP contribution in [0.5, 0.6) is 0 Å². The van der Waals surface area contributed by atoms with Crippen LogP contribution in [0.4, 0.5) is 0 Å². The lowest BCUT2D eigenvalue weighted by Crippen LogP contribution is -2.43. The second kappa shape index (κ2) is 3.14. The second-order valence-electron chi connectivity index (χ2n) is 4.01. The van der Waals surface area contributed by atoms with Crippen molar-refractivity contribution >= 4 is 5.97 Å². The molecule has 0 aromatic rings. The first-order chi connectivity index (χ1) is 6.18. The number of hydrogen-bond acceptors (Lipinski definition) is 2. The van der Waals surface area contributed by atoms with Crippen LogP contribution < -0.4 is 0 Å². The van der Waals surface area contributed by atoms with Crippen molar-refractivity contribution in [1.29, 1.82) is 0 Å². The lowest BCUT2D eigenvalue weighted by Gasteiger charge is -2.41. The van der Waals surface area contributed by atoms with Crippen LogP contribution in [-0.4, -0.2) is 35.6 Å². The molecule has 0 amide bonds. The Labute approximate surface area is 78.0 Å². The van der Waals surface area contributed by atoms with Crippen molar-refractivity contribution in [3.63, 3.8) is 0 Å². The summed E-state index contributed by atoms with van der Waals surface area (Å²) in [5.41, 5.74) is 1.75. The molecule has 0 radical (unpaired) electrons. The Balaban J connectivity index is 2.25. The van der Waals surface area contributed by atoms with Crippen molar-refractivity contribution in [2.24, 2.45) is 5.92 Å². The molecule has 0 atom stereocenters. The molecule has 2 bridgehead atoms. The van der Waals surface area contributed by atoms with E-state index < -0.39 is 5.97 Å². The molecule has 0 aliphatic carbocycles. The highest BCUT2D eigenvalue weighted by molar-refractivity contribution is 5.87. The molecule has 3 aliphatic rings. The van der Waals surface area contributed by atoms with Crippen molar-refractivity contribution in [1.82, 2.24) is 4.90 Å². The molecule has 3 nitrogen and oxygen atoms in total. The Bertz CT molecular complexity index is 262. The number of aliphatic carboxylic acids is 1. The topological polar surface area (TPSA) is 40.5 Å². The van der Waals surface area contributed by atoms with Gasteiger partial charge in [0.15, 0.2) is 0 Å². The van der Waals surface area contributed by atoms with Crippen LogP contribution >= 0.6 is 0 Å². The Hall–Kier alpha value is -0.830. The number of hydrogen-bond donors (Lipinski definition) is 1. The van der Waals surface area contributed by atoms with E-state index in [0.29, 0.717) is 11.5 Å². The van der Waals surface area contributed by atoms with Crippen molar-refractivity contribution in [2.45, 2.75) is 19.8 Å². The first kappa shape index (κ1) is 8.75.